The highest BCUT2D eigenvalue weighted by molar-refractivity contribution is 6.32. The standard InChI is InChI=1S/C40H32ClN5O9/c1-42(2)35-31(45(52)53)18-25(19-32(35)46(54)55)43-36(48)28-15-14-27-29(33(28)38(43)50)20-30-37(49)44(24-12-7-11-23(41)17-24)39(51)40(30,22-9-4-3-5-10-22)34(27)21-8-6-13-26(47)16-21/h3-14,16-19,28-30,33-34,47H,15,20H2,1-2H3. The van der Waals surface area contributed by atoms with Crippen molar-refractivity contribution in [2.45, 2.75) is 24.2 Å². The fourth-order valence-corrected chi connectivity index (χ4v) is 9.72. The number of benzene rings is 4. The van der Waals surface area contributed by atoms with E-state index >= 15 is 4.79 Å². The van der Waals surface area contributed by atoms with E-state index in [1.54, 1.807) is 60.7 Å². The van der Waals surface area contributed by atoms with E-state index in [1.165, 1.54) is 37.2 Å². The predicted molar refractivity (Wildman–Crippen MR) is 201 cm³/mol. The van der Waals surface area contributed by atoms with Gasteiger partial charge in [-0.1, -0.05) is 71.8 Å². The Hall–Kier alpha value is -6.41. The molecule has 0 aromatic heterocycles. The Kier molecular flexibility index (Phi) is 8.33. The monoisotopic (exact) mass is 761 g/mol. The molecule has 2 aliphatic carbocycles. The van der Waals surface area contributed by atoms with Crippen LogP contribution >= 0.6 is 11.6 Å². The Labute approximate surface area is 318 Å². The van der Waals surface area contributed by atoms with E-state index in [-0.39, 0.29) is 35.7 Å². The van der Waals surface area contributed by atoms with Gasteiger partial charge in [0.15, 0.2) is 5.69 Å². The fourth-order valence-electron chi connectivity index (χ4n) is 9.53. The first-order valence-corrected chi connectivity index (χ1v) is 17.9. The average Bonchev–Trinajstić information content (AvgIpc) is 3.55. The number of fused-ring (bicyclic) bond motifs is 4. The molecule has 8 rings (SSSR count). The molecule has 4 aromatic rings. The molecule has 15 heteroatoms. The number of allylic oxidation sites excluding steroid dienone is 2. The lowest BCUT2D eigenvalue weighted by Crippen LogP contribution is -2.53. The minimum atomic E-state index is -1.56. The maximum Gasteiger partial charge on any atom is 0.301 e. The van der Waals surface area contributed by atoms with Crippen molar-refractivity contribution in [1.29, 1.82) is 0 Å². The van der Waals surface area contributed by atoms with E-state index in [4.69, 9.17) is 11.6 Å². The van der Waals surface area contributed by atoms with E-state index in [0.29, 0.717) is 21.7 Å². The van der Waals surface area contributed by atoms with Crippen LogP contribution in [0.2, 0.25) is 5.02 Å². The summed E-state index contributed by atoms with van der Waals surface area (Å²) in [6, 6.07) is 23.7. The normalized spacial score (nSPS) is 25.7. The van der Waals surface area contributed by atoms with Crippen molar-refractivity contribution in [3.8, 4) is 5.75 Å². The summed E-state index contributed by atoms with van der Waals surface area (Å²) in [6.45, 7) is 0. The largest absolute Gasteiger partial charge is 0.508 e. The number of anilines is 3. The van der Waals surface area contributed by atoms with Crippen LogP contribution in [0.1, 0.15) is 29.9 Å². The second-order valence-corrected chi connectivity index (χ2v) is 14.9. The highest BCUT2D eigenvalue weighted by atomic mass is 35.5. The molecule has 0 radical (unpaired) electrons. The van der Waals surface area contributed by atoms with Gasteiger partial charge in [-0.05, 0) is 60.2 Å². The first kappa shape index (κ1) is 35.6. The number of hydrogen-bond donors (Lipinski definition) is 1. The zero-order valence-corrected chi connectivity index (χ0v) is 30.1. The number of nitrogens with zero attached hydrogens (tertiary/aromatic N) is 5. The van der Waals surface area contributed by atoms with Gasteiger partial charge < -0.3 is 10.0 Å². The van der Waals surface area contributed by atoms with E-state index in [9.17, 15) is 39.7 Å². The number of amides is 4. The minimum absolute atomic E-state index is 0.0223. The zero-order chi connectivity index (χ0) is 39.1. The molecule has 6 atom stereocenters. The summed E-state index contributed by atoms with van der Waals surface area (Å²) in [5.74, 6) is -7.31. The van der Waals surface area contributed by atoms with Gasteiger partial charge in [-0.25, -0.2) is 9.80 Å². The van der Waals surface area contributed by atoms with E-state index in [1.807, 2.05) is 6.08 Å². The van der Waals surface area contributed by atoms with Crippen molar-refractivity contribution in [2.24, 2.45) is 23.7 Å². The lowest BCUT2D eigenvalue weighted by Gasteiger charge is -2.50. The van der Waals surface area contributed by atoms with Gasteiger partial charge in [0.2, 0.25) is 23.6 Å². The summed E-state index contributed by atoms with van der Waals surface area (Å²) < 4.78 is 0. The van der Waals surface area contributed by atoms with Crippen LogP contribution < -0.4 is 14.7 Å². The zero-order valence-electron chi connectivity index (χ0n) is 29.4. The van der Waals surface area contributed by atoms with Crippen molar-refractivity contribution in [1.82, 2.24) is 0 Å². The fraction of sp³-hybridized carbons (Fsp3) is 0.250. The van der Waals surface area contributed by atoms with Gasteiger partial charge in [-0.3, -0.25) is 39.4 Å². The van der Waals surface area contributed by atoms with E-state index < -0.39 is 79.9 Å². The summed E-state index contributed by atoms with van der Waals surface area (Å²) in [5.41, 5.74) is -1.53. The molecule has 3 fully saturated rings. The lowest BCUT2D eigenvalue weighted by molar-refractivity contribution is -0.392. The molecule has 2 saturated heterocycles. The van der Waals surface area contributed by atoms with Crippen LogP contribution in [-0.4, -0.2) is 52.7 Å². The summed E-state index contributed by atoms with van der Waals surface area (Å²) in [5, 5.41) is 35.5. The number of phenols is 1. The maximum absolute atomic E-state index is 15.3. The number of rotatable bonds is 7. The molecule has 14 nitrogen and oxygen atoms in total. The van der Waals surface area contributed by atoms with Crippen molar-refractivity contribution >= 4 is 63.7 Å². The van der Waals surface area contributed by atoms with Crippen LogP contribution in [0.15, 0.2) is 103 Å². The van der Waals surface area contributed by atoms with Crippen molar-refractivity contribution in [2.75, 3.05) is 28.8 Å². The molecule has 0 spiro atoms. The number of halogens is 1. The lowest BCUT2D eigenvalue weighted by atomic mass is 9.49. The number of nitro benzene ring substituents is 2. The molecule has 2 heterocycles. The SMILES string of the molecule is CN(C)c1c([N+](=O)[O-])cc(N2C(=O)C3CC=C4C(CC5C(=O)N(c6cccc(Cl)c6)C(=O)C5(c5ccccc5)C4c4cccc(O)c4)C3C2=O)cc1[N+](=O)[O-]. The van der Waals surface area contributed by atoms with Gasteiger partial charge in [0.05, 0.1) is 44.4 Å². The first-order valence-electron chi connectivity index (χ1n) is 17.5. The predicted octanol–water partition coefficient (Wildman–Crippen LogP) is 6.30. The van der Waals surface area contributed by atoms with E-state index in [0.717, 1.165) is 21.9 Å². The number of phenolic OH excluding ortho intramolecular Hbond substituents is 1. The minimum Gasteiger partial charge on any atom is -0.508 e. The topological polar surface area (TPSA) is 185 Å². The Balaban J connectivity index is 1.32. The number of carbonyl (C=O) groups excluding carboxylic acids is 4. The summed E-state index contributed by atoms with van der Waals surface area (Å²) >= 11 is 6.36. The third kappa shape index (κ3) is 5.15. The molecule has 4 aliphatic rings. The number of nitro groups is 2. The number of carbonyl (C=O) groups is 4. The maximum atomic E-state index is 15.3. The van der Waals surface area contributed by atoms with Crippen LogP contribution in [0.4, 0.5) is 28.4 Å². The smallest absolute Gasteiger partial charge is 0.301 e. The Morgan fingerprint density at radius 2 is 1.45 bits per heavy atom. The Bertz CT molecular complexity index is 2370. The van der Waals surface area contributed by atoms with Crippen LogP contribution in [0.25, 0.3) is 0 Å². The summed E-state index contributed by atoms with van der Waals surface area (Å²) in [4.78, 5) is 85.0. The molecule has 4 amide bonds. The van der Waals surface area contributed by atoms with Gasteiger partial charge in [-0.15, -0.1) is 0 Å². The molecular weight excluding hydrogens is 730 g/mol. The third-order valence-electron chi connectivity index (χ3n) is 11.5. The van der Waals surface area contributed by atoms with Crippen LogP contribution in [-0.2, 0) is 24.6 Å². The number of imide groups is 2. The number of aromatic hydroxyl groups is 1. The quantitative estimate of drug-likeness (QED) is 0.0971. The molecular formula is C40H32ClN5O9. The van der Waals surface area contributed by atoms with Gasteiger partial charge in [0.25, 0.3) is 0 Å². The van der Waals surface area contributed by atoms with Crippen molar-refractivity contribution in [3.63, 3.8) is 0 Å². The molecule has 4 aromatic carbocycles. The molecule has 1 saturated carbocycles. The molecule has 2 aliphatic heterocycles. The Morgan fingerprint density at radius 3 is 2.07 bits per heavy atom. The van der Waals surface area contributed by atoms with Crippen LogP contribution in [0.5, 0.6) is 5.75 Å². The average molecular weight is 762 g/mol. The van der Waals surface area contributed by atoms with E-state index in [2.05, 4.69) is 0 Å². The molecule has 278 valence electrons. The number of hydrogen-bond acceptors (Lipinski definition) is 10. The highest BCUT2D eigenvalue weighted by Crippen LogP contribution is 2.64. The molecule has 0 bridgehead atoms. The van der Waals surface area contributed by atoms with Gasteiger partial charge in [-0.2, -0.15) is 0 Å². The molecule has 6 unspecified atom stereocenters. The summed E-state index contributed by atoms with van der Waals surface area (Å²) in [7, 11) is 2.82. The summed E-state index contributed by atoms with van der Waals surface area (Å²) in [6.07, 6.45) is 1.85. The first-order chi connectivity index (χ1) is 26.3. The van der Waals surface area contributed by atoms with Crippen LogP contribution in [0, 0.1) is 43.9 Å². The molecule has 55 heavy (non-hydrogen) atoms. The second kappa shape index (κ2) is 12.9. The van der Waals surface area contributed by atoms with Crippen molar-refractivity contribution in [3.05, 3.63) is 139 Å². The third-order valence-corrected chi connectivity index (χ3v) is 11.8. The van der Waals surface area contributed by atoms with Gasteiger partial charge in [0, 0.05) is 37.2 Å². The molecule has 1 N–H and O–H groups in total. The highest BCUT2D eigenvalue weighted by Gasteiger charge is 2.70. The van der Waals surface area contributed by atoms with Crippen LogP contribution in [0.3, 0.4) is 0 Å². The van der Waals surface area contributed by atoms with Gasteiger partial charge in [0.1, 0.15) is 5.75 Å². The second-order valence-electron chi connectivity index (χ2n) is 14.4. The van der Waals surface area contributed by atoms with Gasteiger partial charge >= 0.3 is 11.4 Å². The Morgan fingerprint density at radius 1 is 0.782 bits per heavy atom. The van der Waals surface area contributed by atoms with Crippen molar-refractivity contribution < 1.29 is 34.1 Å².